The number of methoxy groups -OCH3 is 1. The number of nitrogens with two attached hydrogens (primary N) is 1. The van der Waals surface area contributed by atoms with Gasteiger partial charge in [0.05, 0.1) is 12.9 Å². The van der Waals surface area contributed by atoms with Gasteiger partial charge in [0.1, 0.15) is 10.6 Å². The van der Waals surface area contributed by atoms with E-state index in [1.54, 1.807) is 12.1 Å². The maximum atomic E-state index is 12.0. The molecule has 4 nitrogen and oxygen atoms in total. The fraction of sp³-hybridized carbons (Fsp3) is 0.455. The summed E-state index contributed by atoms with van der Waals surface area (Å²) in [6.07, 6.45) is 0.596. The molecule has 0 spiro atoms. The molecular weight excluding hydrogens is 226 g/mol. The summed E-state index contributed by atoms with van der Waals surface area (Å²) < 4.78 is 29.1. The van der Waals surface area contributed by atoms with E-state index >= 15 is 0 Å². The highest BCUT2D eigenvalue weighted by atomic mass is 32.2. The average molecular weight is 241 g/mol. The first-order valence-corrected chi connectivity index (χ1v) is 6.85. The van der Waals surface area contributed by atoms with Crippen LogP contribution in [0.25, 0.3) is 0 Å². The summed E-state index contributed by atoms with van der Waals surface area (Å²) in [6.45, 7) is 0.468. The minimum atomic E-state index is -3.21. The highest BCUT2D eigenvalue weighted by Crippen LogP contribution is 2.38. The Morgan fingerprint density at radius 3 is 2.88 bits per heavy atom. The second kappa shape index (κ2) is 4.07. The van der Waals surface area contributed by atoms with Crippen molar-refractivity contribution in [3.8, 4) is 5.75 Å². The van der Waals surface area contributed by atoms with Crippen LogP contribution in [0.2, 0.25) is 0 Å². The summed E-state index contributed by atoms with van der Waals surface area (Å²) >= 11 is 0. The lowest BCUT2D eigenvalue weighted by Crippen LogP contribution is -2.25. The molecule has 5 heteroatoms. The molecule has 1 atom stereocenters. The maximum absolute atomic E-state index is 12.0. The van der Waals surface area contributed by atoms with E-state index < -0.39 is 9.84 Å². The van der Waals surface area contributed by atoms with Gasteiger partial charge in [-0.1, -0.05) is 12.1 Å². The normalized spacial score (nSPS) is 22.5. The molecule has 1 aromatic carbocycles. The molecule has 1 aliphatic rings. The molecule has 0 aromatic heterocycles. The van der Waals surface area contributed by atoms with E-state index in [9.17, 15) is 8.42 Å². The predicted octanol–water partition coefficient (Wildman–Crippen LogP) is 0.915. The monoisotopic (exact) mass is 241 g/mol. The smallest absolute Gasteiger partial charge is 0.182 e. The molecule has 2 rings (SSSR count). The lowest BCUT2D eigenvalue weighted by atomic mass is 9.96. The van der Waals surface area contributed by atoms with Crippen LogP contribution in [-0.2, 0) is 9.84 Å². The zero-order valence-electron chi connectivity index (χ0n) is 9.14. The first-order chi connectivity index (χ1) is 7.60. The third-order valence-corrected chi connectivity index (χ3v) is 4.83. The first kappa shape index (κ1) is 11.4. The van der Waals surface area contributed by atoms with Crippen LogP contribution < -0.4 is 10.5 Å². The van der Waals surface area contributed by atoms with Gasteiger partial charge in [-0.15, -0.1) is 0 Å². The fourth-order valence-electron chi connectivity index (χ4n) is 2.15. The summed E-state index contributed by atoms with van der Waals surface area (Å²) in [4.78, 5) is 0.333. The summed E-state index contributed by atoms with van der Waals surface area (Å²) in [5, 5.41) is 0. The summed E-state index contributed by atoms with van der Waals surface area (Å²) in [6, 6.07) is 5.31. The molecule has 16 heavy (non-hydrogen) atoms. The molecule has 0 fully saturated rings. The molecule has 0 saturated carbocycles. The molecule has 1 unspecified atom stereocenters. The second-order valence-electron chi connectivity index (χ2n) is 3.92. The molecular formula is C11H15NO3S. The largest absolute Gasteiger partial charge is 0.495 e. The Kier molecular flexibility index (Phi) is 2.90. The Hall–Kier alpha value is -1.07. The van der Waals surface area contributed by atoms with Gasteiger partial charge in [-0.3, -0.25) is 0 Å². The first-order valence-electron chi connectivity index (χ1n) is 5.20. The van der Waals surface area contributed by atoms with Crippen molar-refractivity contribution in [2.45, 2.75) is 17.2 Å². The van der Waals surface area contributed by atoms with Gasteiger partial charge in [0.2, 0.25) is 0 Å². The van der Waals surface area contributed by atoms with Crippen molar-refractivity contribution >= 4 is 9.84 Å². The Bertz CT molecular complexity index is 496. The minimum absolute atomic E-state index is 0.119. The summed E-state index contributed by atoms with van der Waals surface area (Å²) in [7, 11) is -1.73. The SMILES string of the molecule is COc1cccc2c1S(=O)(=O)CCC2CN. The Labute approximate surface area is 95.3 Å². The topological polar surface area (TPSA) is 69.4 Å². The van der Waals surface area contributed by atoms with E-state index in [0.29, 0.717) is 23.6 Å². The van der Waals surface area contributed by atoms with Gasteiger partial charge in [0.25, 0.3) is 0 Å². The van der Waals surface area contributed by atoms with Gasteiger partial charge in [-0.25, -0.2) is 8.42 Å². The molecule has 2 N–H and O–H groups in total. The molecule has 0 bridgehead atoms. The highest BCUT2D eigenvalue weighted by molar-refractivity contribution is 7.91. The number of hydrogen-bond donors (Lipinski definition) is 1. The van der Waals surface area contributed by atoms with Crippen LogP contribution in [-0.4, -0.2) is 27.8 Å². The standard InChI is InChI=1S/C11H15NO3S/c1-15-10-4-2-3-9-8(7-12)5-6-16(13,14)11(9)10/h2-4,8H,5-7,12H2,1H3. The van der Waals surface area contributed by atoms with Crippen LogP contribution >= 0.6 is 0 Å². The third-order valence-electron chi connectivity index (χ3n) is 3.00. The predicted molar refractivity (Wildman–Crippen MR) is 61.5 cm³/mol. The van der Waals surface area contributed by atoms with E-state index in [2.05, 4.69) is 0 Å². The molecule has 0 aliphatic carbocycles. The van der Waals surface area contributed by atoms with Gasteiger partial charge in [-0.2, -0.15) is 0 Å². The van der Waals surface area contributed by atoms with Gasteiger partial charge >= 0.3 is 0 Å². The molecule has 0 saturated heterocycles. The van der Waals surface area contributed by atoms with Crippen molar-refractivity contribution < 1.29 is 13.2 Å². The van der Waals surface area contributed by atoms with E-state index in [0.717, 1.165) is 5.56 Å². The van der Waals surface area contributed by atoms with Crippen molar-refractivity contribution in [2.24, 2.45) is 5.73 Å². The van der Waals surface area contributed by atoms with Crippen molar-refractivity contribution in [2.75, 3.05) is 19.4 Å². The highest BCUT2D eigenvalue weighted by Gasteiger charge is 2.32. The zero-order chi connectivity index (χ0) is 11.8. The minimum Gasteiger partial charge on any atom is -0.495 e. The quantitative estimate of drug-likeness (QED) is 0.835. The molecule has 1 aromatic rings. The van der Waals surface area contributed by atoms with Crippen LogP contribution in [0.15, 0.2) is 23.1 Å². The second-order valence-corrected chi connectivity index (χ2v) is 5.96. The van der Waals surface area contributed by atoms with Gasteiger partial charge in [0.15, 0.2) is 9.84 Å². The number of hydrogen-bond acceptors (Lipinski definition) is 4. The van der Waals surface area contributed by atoms with Crippen LogP contribution in [0, 0.1) is 0 Å². The molecule has 1 heterocycles. The Morgan fingerprint density at radius 2 is 2.25 bits per heavy atom. The molecule has 88 valence electrons. The number of benzene rings is 1. The Balaban J connectivity index is 2.69. The van der Waals surface area contributed by atoms with Crippen molar-refractivity contribution in [1.82, 2.24) is 0 Å². The van der Waals surface area contributed by atoms with Gasteiger partial charge in [0, 0.05) is 0 Å². The number of rotatable bonds is 2. The summed E-state index contributed by atoms with van der Waals surface area (Å²) in [5.41, 5.74) is 6.46. The number of fused-ring (bicyclic) bond motifs is 1. The van der Waals surface area contributed by atoms with Crippen molar-refractivity contribution in [3.63, 3.8) is 0 Å². The van der Waals surface area contributed by atoms with Gasteiger partial charge in [-0.05, 0) is 30.5 Å². The van der Waals surface area contributed by atoms with Gasteiger partial charge < -0.3 is 10.5 Å². The zero-order valence-corrected chi connectivity index (χ0v) is 9.96. The van der Waals surface area contributed by atoms with E-state index in [1.807, 2.05) is 6.07 Å². The lowest BCUT2D eigenvalue weighted by Gasteiger charge is -2.25. The van der Waals surface area contributed by atoms with E-state index in [-0.39, 0.29) is 11.7 Å². The van der Waals surface area contributed by atoms with Crippen molar-refractivity contribution in [3.05, 3.63) is 23.8 Å². The van der Waals surface area contributed by atoms with Crippen molar-refractivity contribution in [1.29, 1.82) is 0 Å². The van der Waals surface area contributed by atoms with Crippen LogP contribution in [0.3, 0.4) is 0 Å². The van der Waals surface area contributed by atoms with Crippen LogP contribution in [0.4, 0.5) is 0 Å². The maximum Gasteiger partial charge on any atom is 0.182 e. The summed E-state index contributed by atoms with van der Waals surface area (Å²) in [5.74, 6) is 0.701. The average Bonchev–Trinajstić information content (AvgIpc) is 2.28. The molecule has 0 radical (unpaired) electrons. The lowest BCUT2D eigenvalue weighted by molar-refractivity contribution is 0.398. The molecule has 0 amide bonds. The number of sulfone groups is 1. The van der Waals surface area contributed by atoms with E-state index in [1.165, 1.54) is 7.11 Å². The van der Waals surface area contributed by atoms with E-state index in [4.69, 9.17) is 10.5 Å². The Morgan fingerprint density at radius 1 is 1.50 bits per heavy atom. The third kappa shape index (κ3) is 1.70. The van der Waals surface area contributed by atoms with Crippen LogP contribution in [0.5, 0.6) is 5.75 Å². The fourth-order valence-corrected chi connectivity index (χ4v) is 4.00. The van der Waals surface area contributed by atoms with Crippen LogP contribution in [0.1, 0.15) is 17.9 Å². The molecule has 1 aliphatic heterocycles. The number of ether oxygens (including phenoxy) is 1.